The zero-order valence-electron chi connectivity index (χ0n) is 10.4. The van der Waals surface area contributed by atoms with E-state index in [2.05, 4.69) is 5.32 Å². The lowest BCUT2D eigenvalue weighted by Crippen LogP contribution is -2.26. The first-order chi connectivity index (χ1) is 9.04. The van der Waals surface area contributed by atoms with Crippen LogP contribution in [-0.2, 0) is 11.3 Å². The molecule has 2 aromatic rings. The Hall–Kier alpha value is -2.07. The molecule has 0 aliphatic carbocycles. The topological polar surface area (TPSA) is 51.1 Å². The molecule has 5 heteroatoms. The van der Waals surface area contributed by atoms with Crippen LogP contribution in [0.1, 0.15) is 5.56 Å². The minimum absolute atomic E-state index is 0.0622. The SMILES string of the molecule is Cc1cccc(NC(=O)Cn2cc(Cl)ccc2=O)c1. The second-order valence-corrected chi connectivity index (χ2v) is 4.67. The Bertz CT molecular complexity index is 664. The van der Waals surface area contributed by atoms with E-state index in [0.29, 0.717) is 10.7 Å². The summed E-state index contributed by atoms with van der Waals surface area (Å²) in [6.07, 6.45) is 1.44. The molecule has 19 heavy (non-hydrogen) atoms. The number of nitrogens with one attached hydrogen (secondary N) is 1. The van der Waals surface area contributed by atoms with Crippen LogP contribution in [0, 0.1) is 6.92 Å². The van der Waals surface area contributed by atoms with Crippen LogP contribution in [0.3, 0.4) is 0 Å². The van der Waals surface area contributed by atoms with Gasteiger partial charge in [-0.25, -0.2) is 0 Å². The van der Waals surface area contributed by atoms with E-state index in [4.69, 9.17) is 11.6 Å². The number of anilines is 1. The molecule has 0 aliphatic heterocycles. The van der Waals surface area contributed by atoms with Gasteiger partial charge in [0, 0.05) is 18.0 Å². The van der Waals surface area contributed by atoms with Gasteiger partial charge in [0.15, 0.2) is 0 Å². The molecule has 0 radical (unpaired) electrons. The van der Waals surface area contributed by atoms with Gasteiger partial charge in [-0.1, -0.05) is 23.7 Å². The monoisotopic (exact) mass is 276 g/mol. The number of hydrogen-bond donors (Lipinski definition) is 1. The van der Waals surface area contributed by atoms with Crippen LogP contribution in [0.5, 0.6) is 0 Å². The van der Waals surface area contributed by atoms with Gasteiger partial charge in [-0.2, -0.15) is 0 Å². The molecular formula is C14H13ClN2O2. The summed E-state index contributed by atoms with van der Waals surface area (Å²) in [5, 5.41) is 3.16. The molecule has 0 bridgehead atoms. The van der Waals surface area contributed by atoms with Crippen molar-refractivity contribution in [2.24, 2.45) is 0 Å². The normalized spacial score (nSPS) is 10.2. The number of benzene rings is 1. The van der Waals surface area contributed by atoms with Gasteiger partial charge < -0.3 is 9.88 Å². The predicted octanol–water partition coefficient (Wildman–Crippen LogP) is 2.45. The molecular weight excluding hydrogens is 264 g/mol. The minimum atomic E-state index is -0.269. The quantitative estimate of drug-likeness (QED) is 0.936. The highest BCUT2D eigenvalue weighted by atomic mass is 35.5. The lowest BCUT2D eigenvalue weighted by Gasteiger charge is -2.08. The maximum absolute atomic E-state index is 11.8. The lowest BCUT2D eigenvalue weighted by atomic mass is 10.2. The van der Waals surface area contributed by atoms with E-state index < -0.39 is 0 Å². The van der Waals surface area contributed by atoms with E-state index in [0.717, 1.165) is 5.56 Å². The highest BCUT2D eigenvalue weighted by Gasteiger charge is 2.05. The number of carbonyl (C=O) groups excluding carboxylic acids is 1. The Kier molecular flexibility index (Phi) is 4.02. The number of pyridine rings is 1. The molecule has 98 valence electrons. The van der Waals surface area contributed by atoms with Crippen LogP contribution in [-0.4, -0.2) is 10.5 Å². The summed E-state index contributed by atoms with van der Waals surface area (Å²) < 4.78 is 1.27. The van der Waals surface area contributed by atoms with Gasteiger partial charge >= 0.3 is 0 Å². The molecule has 0 fully saturated rings. The van der Waals surface area contributed by atoms with Crippen molar-refractivity contribution in [1.29, 1.82) is 0 Å². The third-order valence-corrected chi connectivity index (χ3v) is 2.79. The molecule has 0 atom stereocenters. The first kappa shape index (κ1) is 13.4. The van der Waals surface area contributed by atoms with Gasteiger partial charge in [0.05, 0.1) is 5.02 Å². The molecule has 0 saturated heterocycles. The van der Waals surface area contributed by atoms with Gasteiger partial charge in [-0.3, -0.25) is 9.59 Å². The van der Waals surface area contributed by atoms with Crippen LogP contribution in [0.25, 0.3) is 0 Å². The largest absolute Gasteiger partial charge is 0.325 e. The van der Waals surface area contributed by atoms with E-state index in [-0.39, 0.29) is 18.0 Å². The summed E-state index contributed by atoms with van der Waals surface area (Å²) in [5.41, 5.74) is 1.50. The van der Waals surface area contributed by atoms with Crippen molar-refractivity contribution in [1.82, 2.24) is 4.57 Å². The van der Waals surface area contributed by atoms with Crippen molar-refractivity contribution in [3.8, 4) is 0 Å². The van der Waals surface area contributed by atoms with Gasteiger partial charge in [-0.15, -0.1) is 0 Å². The fraction of sp³-hybridized carbons (Fsp3) is 0.143. The number of aryl methyl sites for hydroxylation is 1. The van der Waals surface area contributed by atoms with Crippen molar-refractivity contribution in [2.75, 3.05) is 5.32 Å². The second-order valence-electron chi connectivity index (χ2n) is 4.23. The van der Waals surface area contributed by atoms with Gasteiger partial charge in [-0.05, 0) is 30.7 Å². The molecule has 2 rings (SSSR count). The number of halogens is 1. The summed E-state index contributed by atoms with van der Waals surface area (Å²) in [4.78, 5) is 23.4. The standard InChI is InChI=1S/C14H13ClN2O2/c1-10-3-2-4-12(7-10)16-13(18)9-17-8-11(15)5-6-14(17)19/h2-8H,9H2,1H3,(H,16,18). The number of amides is 1. The van der Waals surface area contributed by atoms with Crippen LogP contribution >= 0.6 is 11.6 Å². The van der Waals surface area contributed by atoms with E-state index in [1.165, 1.54) is 22.9 Å². The first-order valence-electron chi connectivity index (χ1n) is 5.77. The van der Waals surface area contributed by atoms with Gasteiger partial charge in [0.2, 0.25) is 5.91 Å². The molecule has 0 spiro atoms. The summed E-state index contributed by atoms with van der Waals surface area (Å²) in [6.45, 7) is 1.88. The van der Waals surface area contributed by atoms with Gasteiger partial charge in [0.25, 0.3) is 5.56 Å². The molecule has 1 amide bonds. The second kappa shape index (κ2) is 5.71. The molecule has 1 heterocycles. The van der Waals surface area contributed by atoms with Crippen LogP contribution in [0.15, 0.2) is 47.4 Å². The number of hydrogen-bond acceptors (Lipinski definition) is 2. The molecule has 0 aliphatic rings. The summed E-state index contributed by atoms with van der Waals surface area (Å²) >= 11 is 5.79. The number of carbonyl (C=O) groups is 1. The van der Waals surface area contributed by atoms with E-state index in [9.17, 15) is 9.59 Å². The van der Waals surface area contributed by atoms with E-state index in [1.54, 1.807) is 6.07 Å². The van der Waals surface area contributed by atoms with Crippen molar-refractivity contribution in [3.05, 3.63) is 63.5 Å². The van der Waals surface area contributed by atoms with Crippen molar-refractivity contribution >= 4 is 23.2 Å². The molecule has 0 saturated carbocycles. The summed E-state index contributed by atoms with van der Waals surface area (Å²) in [6, 6.07) is 10.3. The zero-order chi connectivity index (χ0) is 13.8. The van der Waals surface area contributed by atoms with Crippen molar-refractivity contribution < 1.29 is 4.79 Å². The zero-order valence-corrected chi connectivity index (χ0v) is 11.1. The molecule has 0 unspecified atom stereocenters. The highest BCUT2D eigenvalue weighted by Crippen LogP contribution is 2.09. The third kappa shape index (κ3) is 3.69. The molecule has 4 nitrogen and oxygen atoms in total. The fourth-order valence-corrected chi connectivity index (χ4v) is 1.88. The fourth-order valence-electron chi connectivity index (χ4n) is 1.70. The van der Waals surface area contributed by atoms with E-state index >= 15 is 0 Å². The first-order valence-corrected chi connectivity index (χ1v) is 6.15. The Morgan fingerprint density at radius 2 is 2.11 bits per heavy atom. The number of aromatic nitrogens is 1. The molecule has 1 aromatic heterocycles. The van der Waals surface area contributed by atoms with Gasteiger partial charge in [0.1, 0.15) is 6.54 Å². The molecule has 1 N–H and O–H groups in total. The maximum atomic E-state index is 11.8. The number of rotatable bonds is 3. The Labute approximate surface area is 115 Å². The van der Waals surface area contributed by atoms with Crippen molar-refractivity contribution in [3.63, 3.8) is 0 Å². The highest BCUT2D eigenvalue weighted by molar-refractivity contribution is 6.30. The van der Waals surface area contributed by atoms with E-state index in [1.807, 2.05) is 25.1 Å². The van der Waals surface area contributed by atoms with Crippen LogP contribution in [0.2, 0.25) is 5.02 Å². The maximum Gasteiger partial charge on any atom is 0.251 e. The smallest absolute Gasteiger partial charge is 0.251 e. The third-order valence-electron chi connectivity index (χ3n) is 2.56. The number of nitrogens with zero attached hydrogens (tertiary/aromatic N) is 1. The Morgan fingerprint density at radius 1 is 1.32 bits per heavy atom. The average Bonchev–Trinajstić information content (AvgIpc) is 2.34. The predicted molar refractivity (Wildman–Crippen MR) is 75.5 cm³/mol. The summed E-state index contributed by atoms with van der Waals surface area (Å²) in [7, 11) is 0. The van der Waals surface area contributed by atoms with Crippen LogP contribution in [0.4, 0.5) is 5.69 Å². The Balaban J connectivity index is 2.09. The average molecular weight is 277 g/mol. The Morgan fingerprint density at radius 3 is 2.84 bits per heavy atom. The summed E-state index contributed by atoms with van der Waals surface area (Å²) in [5.74, 6) is -0.269. The van der Waals surface area contributed by atoms with Crippen LogP contribution < -0.4 is 10.9 Å². The minimum Gasteiger partial charge on any atom is -0.325 e. The lowest BCUT2D eigenvalue weighted by molar-refractivity contribution is -0.116. The molecule has 1 aromatic carbocycles. The van der Waals surface area contributed by atoms with Crippen molar-refractivity contribution in [2.45, 2.75) is 13.5 Å².